The average molecular weight is 448 g/mol. The summed E-state index contributed by atoms with van der Waals surface area (Å²) in [6.45, 7) is 3.59. The Hall–Kier alpha value is -1.61. The minimum absolute atomic E-state index is 0.250. The zero-order valence-corrected chi connectivity index (χ0v) is 19.4. The summed E-state index contributed by atoms with van der Waals surface area (Å²) in [7, 11) is -1.48. The van der Waals surface area contributed by atoms with Crippen molar-refractivity contribution < 1.29 is 14.1 Å². The lowest BCUT2D eigenvalue weighted by Crippen LogP contribution is -2.30. The minimum Gasteiger partial charge on any atom is -0.385 e. The van der Waals surface area contributed by atoms with Gasteiger partial charge < -0.3 is 9.90 Å². The SMILES string of the molecule is CN=S(=O)(NCC(C=O)c1c2c(cc3c1CCC3)CCC2)c1ncc(C(C)(C)O)s1. The summed E-state index contributed by atoms with van der Waals surface area (Å²) in [6.07, 6.45) is 8.96. The van der Waals surface area contributed by atoms with Gasteiger partial charge in [-0.05, 0) is 80.2 Å². The first-order valence-electron chi connectivity index (χ1n) is 10.5. The zero-order valence-electron chi connectivity index (χ0n) is 17.7. The fourth-order valence-electron chi connectivity index (χ4n) is 4.60. The van der Waals surface area contributed by atoms with E-state index in [0.29, 0.717) is 9.22 Å². The van der Waals surface area contributed by atoms with Crippen molar-refractivity contribution in [2.45, 2.75) is 68.2 Å². The second-order valence-electron chi connectivity index (χ2n) is 8.62. The molecule has 1 aromatic carbocycles. The van der Waals surface area contributed by atoms with Gasteiger partial charge in [0.05, 0.1) is 16.4 Å². The van der Waals surface area contributed by atoms with Crippen LogP contribution in [0.15, 0.2) is 21.0 Å². The Morgan fingerprint density at radius 1 is 1.27 bits per heavy atom. The van der Waals surface area contributed by atoms with Crippen molar-refractivity contribution in [2.75, 3.05) is 13.6 Å². The second-order valence-corrected chi connectivity index (χ2v) is 12.0. The molecule has 0 amide bonds. The number of nitrogens with zero attached hydrogens (tertiary/aromatic N) is 2. The first-order chi connectivity index (χ1) is 14.3. The van der Waals surface area contributed by atoms with E-state index in [2.05, 4.69) is 20.1 Å². The number of carbonyl (C=O) groups excluding carboxylic acids is 1. The summed E-state index contributed by atoms with van der Waals surface area (Å²) in [5.74, 6) is -0.360. The Kier molecular flexibility index (Phi) is 5.87. The number of hydrogen-bond acceptors (Lipinski definition) is 6. The first kappa shape index (κ1) is 21.6. The van der Waals surface area contributed by atoms with Crippen LogP contribution in [0.25, 0.3) is 0 Å². The van der Waals surface area contributed by atoms with Gasteiger partial charge in [0.25, 0.3) is 0 Å². The van der Waals surface area contributed by atoms with Gasteiger partial charge in [-0.3, -0.25) is 0 Å². The van der Waals surface area contributed by atoms with Crippen LogP contribution in [0.2, 0.25) is 0 Å². The van der Waals surface area contributed by atoms with Crippen molar-refractivity contribution in [3.05, 3.63) is 45.0 Å². The molecule has 1 aromatic heterocycles. The molecular weight excluding hydrogens is 418 g/mol. The van der Waals surface area contributed by atoms with Crippen molar-refractivity contribution in [3.8, 4) is 0 Å². The lowest BCUT2D eigenvalue weighted by atomic mass is 9.86. The highest BCUT2D eigenvalue weighted by molar-refractivity contribution is 7.93. The Morgan fingerprint density at radius 2 is 1.90 bits per heavy atom. The van der Waals surface area contributed by atoms with E-state index in [1.165, 1.54) is 40.6 Å². The van der Waals surface area contributed by atoms with Gasteiger partial charge in [0.2, 0.25) is 4.34 Å². The monoisotopic (exact) mass is 447 g/mol. The Labute approximate surface area is 182 Å². The lowest BCUT2D eigenvalue weighted by Gasteiger charge is -2.21. The molecule has 2 aliphatic rings. The van der Waals surface area contributed by atoms with Crippen LogP contribution >= 0.6 is 11.3 Å². The molecule has 6 nitrogen and oxygen atoms in total. The van der Waals surface area contributed by atoms with Crippen LogP contribution < -0.4 is 4.72 Å². The third kappa shape index (κ3) is 3.86. The maximum atomic E-state index is 13.5. The molecule has 2 N–H and O–H groups in total. The predicted octanol–water partition coefficient (Wildman–Crippen LogP) is 3.29. The summed E-state index contributed by atoms with van der Waals surface area (Å²) in [5.41, 5.74) is 5.53. The summed E-state index contributed by atoms with van der Waals surface area (Å²) >= 11 is 1.19. The molecule has 0 spiro atoms. The maximum absolute atomic E-state index is 13.5. The maximum Gasteiger partial charge on any atom is 0.204 e. The lowest BCUT2D eigenvalue weighted by molar-refractivity contribution is -0.108. The highest BCUT2D eigenvalue weighted by Crippen LogP contribution is 2.38. The molecule has 2 aliphatic carbocycles. The summed E-state index contributed by atoms with van der Waals surface area (Å²) < 4.78 is 21.0. The molecule has 30 heavy (non-hydrogen) atoms. The van der Waals surface area contributed by atoms with Gasteiger partial charge in [0.1, 0.15) is 6.29 Å². The Bertz CT molecular complexity index is 1060. The smallest absolute Gasteiger partial charge is 0.204 e. The number of aromatic nitrogens is 1. The van der Waals surface area contributed by atoms with Crippen LogP contribution in [0.5, 0.6) is 0 Å². The number of hydrogen-bond donors (Lipinski definition) is 2. The van der Waals surface area contributed by atoms with E-state index in [1.807, 2.05) is 0 Å². The molecule has 2 aromatic rings. The van der Waals surface area contributed by atoms with Crippen molar-refractivity contribution >= 4 is 27.5 Å². The number of fused-ring (bicyclic) bond motifs is 2. The third-order valence-corrected chi connectivity index (χ3v) is 9.82. The van der Waals surface area contributed by atoms with Gasteiger partial charge in [0.15, 0.2) is 9.92 Å². The van der Waals surface area contributed by atoms with Gasteiger partial charge in [-0.1, -0.05) is 6.07 Å². The van der Waals surface area contributed by atoms with E-state index in [-0.39, 0.29) is 12.5 Å². The van der Waals surface area contributed by atoms with Crippen molar-refractivity contribution in [1.82, 2.24) is 9.71 Å². The van der Waals surface area contributed by atoms with E-state index < -0.39 is 15.5 Å². The van der Waals surface area contributed by atoms with Crippen LogP contribution in [-0.4, -0.2) is 34.2 Å². The topological polar surface area (TPSA) is 91.7 Å². The van der Waals surface area contributed by atoms with E-state index >= 15 is 0 Å². The quantitative estimate of drug-likeness (QED) is 0.637. The summed E-state index contributed by atoms with van der Waals surface area (Å²) in [4.78, 5) is 17.1. The van der Waals surface area contributed by atoms with E-state index in [0.717, 1.165) is 50.4 Å². The number of aldehydes is 1. The molecule has 0 radical (unpaired) electrons. The highest BCUT2D eigenvalue weighted by atomic mass is 32.2. The zero-order chi connectivity index (χ0) is 21.5. The largest absolute Gasteiger partial charge is 0.385 e. The number of benzene rings is 1. The third-order valence-electron chi connectivity index (χ3n) is 6.13. The van der Waals surface area contributed by atoms with Crippen LogP contribution in [-0.2, 0) is 46.0 Å². The van der Waals surface area contributed by atoms with Crippen LogP contribution in [0, 0.1) is 0 Å². The Balaban J connectivity index is 1.64. The van der Waals surface area contributed by atoms with Gasteiger partial charge in [-0.2, -0.15) is 0 Å². The summed E-state index contributed by atoms with van der Waals surface area (Å²) in [6, 6.07) is 2.35. The molecule has 4 rings (SSSR count). The first-order valence-corrected chi connectivity index (χ1v) is 12.8. The molecule has 0 aliphatic heterocycles. The molecule has 0 saturated heterocycles. The molecule has 0 saturated carbocycles. The van der Waals surface area contributed by atoms with Gasteiger partial charge in [-0.25, -0.2) is 18.3 Å². The van der Waals surface area contributed by atoms with E-state index in [4.69, 9.17) is 0 Å². The van der Waals surface area contributed by atoms with Gasteiger partial charge in [0, 0.05) is 19.8 Å². The van der Waals surface area contributed by atoms with Crippen LogP contribution in [0.1, 0.15) is 65.3 Å². The second kappa shape index (κ2) is 8.15. The molecule has 0 bridgehead atoms. The normalized spacial score (nSPS) is 18.5. The average Bonchev–Trinajstić information content (AvgIpc) is 3.46. The molecule has 0 fully saturated rings. The summed E-state index contributed by atoms with van der Waals surface area (Å²) in [5, 5.41) is 10.2. The number of carbonyl (C=O) groups is 1. The van der Waals surface area contributed by atoms with E-state index in [1.54, 1.807) is 20.0 Å². The fourth-order valence-corrected chi connectivity index (χ4v) is 7.38. The highest BCUT2D eigenvalue weighted by Gasteiger charge is 2.30. The van der Waals surface area contributed by atoms with Crippen LogP contribution in [0.4, 0.5) is 0 Å². The predicted molar refractivity (Wildman–Crippen MR) is 119 cm³/mol. The molecule has 2 atom stereocenters. The van der Waals surface area contributed by atoms with Crippen LogP contribution in [0.3, 0.4) is 0 Å². The van der Waals surface area contributed by atoms with Gasteiger partial charge in [-0.15, -0.1) is 11.3 Å². The number of thiazole rings is 1. The number of rotatable bonds is 7. The molecule has 8 heteroatoms. The minimum atomic E-state index is -2.97. The molecular formula is C22H29N3O3S2. The number of nitrogens with one attached hydrogen (secondary N) is 1. The van der Waals surface area contributed by atoms with Crippen molar-refractivity contribution in [2.24, 2.45) is 4.36 Å². The number of aliphatic hydroxyl groups is 1. The molecule has 1 heterocycles. The number of aryl methyl sites for hydroxylation is 2. The Morgan fingerprint density at radius 3 is 2.40 bits per heavy atom. The van der Waals surface area contributed by atoms with Gasteiger partial charge >= 0.3 is 0 Å². The van der Waals surface area contributed by atoms with Crippen molar-refractivity contribution in [3.63, 3.8) is 0 Å². The van der Waals surface area contributed by atoms with Crippen molar-refractivity contribution in [1.29, 1.82) is 0 Å². The standard InChI is InChI=1S/C22H29N3O3S2/c1-22(2,27)19-12-24-21(29-19)30(28,23-3)25-11-16(13-26)20-17-8-4-6-14(17)10-15-7-5-9-18(15)20/h10,12-13,16,27H,4-9,11H2,1-3H3,(H,23,25,28). The fraction of sp³-hybridized carbons (Fsp3) is 0.545. The molecule has 162 valence electrons. The molecule has 2 unspecified atom stereocenters. The van der Waals surface area contributed by atoms with E-state index in [9.17, 15) is 14.1 Å².